The standard InChI is InChI=1S/C19H29F3N4O.HI/c1-14-4-5-16(17(10-14)27-13-19(20,21)22)12-25-18(23-2)24-11-15-6-8-26(3)9-7-15;/h4-5,10,15H,6-9,11-13H2,1-3H3,(H2,23,24,25);1H. The van der Waals surface area contributed by atoms with E-state index in [-0.39, 0.29) is 29.7 Å². The van der Waals surface area contributed by atoms with Gasteiger partial charge >= 0.3 is 6.18 Å². The minimum absolute atomic E-state index is 0. The van der Waals surface area contributed by atoms with E-state index in [2.05, 4.69) is 27.6 Å². The third-order valence-corrected chi connectivity index (χ3v) is 4.68. The first kappa shape index (κ1) is 24.8. The molecule has 2 N–H and O–H groups in total. The monoisotopic (exact) mass is 514 g/mol. The van der Waals surface area contributed by atoms with Crippen molar-refractivity contribution in [2.75, 3.05) is 40.3 Å². The van der Waals surface area contributed by atoms with Crippen molar-refractivity contribution < 1.29 is 17.9 Å². The zero-order valence-electron chi connectivity index (χ0n) is 16.6. The first-order valence-corrected chi connectivity index (χ1v) is 9.19. The number of benzene rings is 1. The molecule has 0 aromatic heterocycles. The predicted octanol–water partition coefficient (Wildman–Crippen LogP) is 3.56. The molecule has 1 fully saturated rings. The van der Waals surface area contributed by atoms with Crippen molar-refractivity contribution in [1.29, 1.82) is 0 Å². The number of rotatable bonds is 6. The third kappa shape index (κ3) is 8.85. The molecule has 0 aliphatic carbocycles. The largest absolute Gasteiger partial charge is 0.484 e. The fraction of sp³-hybridized carbons (Fsp3) is 0.632. The van der Waals surface area contributed by atoms with Gasteiger partial charge in [0.15, 0.2) is 12.6 Å². The zero-order valence-corrected chi connectivity index (χ0v) is 18.9. The van der Waals surface area contributed by atoms with Gasteiger partial charge in [0.25, 0.3) is 0 Å². The number of hydrogen-bond donors (Lipinski definition) is 2. The van der Waals surface area contributed by atoms with E-state index in [4.69, 9.17) is 4.74 Å². The summed E-state index contributed by atoms with van der Waals surface area (Å²) in [5.41, 5.74) is 1.51. The Hall–Kier alpha value is -1.23. The summed E-state index contributed by atoms with van der Waals surface area (Å²) in [6, 6.07) is 5.25. The number of hydrogen-bond acceptors (Lipinski definition) is 3. The fourth-order valence-electron chi connectivity index (χ4n) is 3.01. The molecule has 0 spiro atoms. The average molecular weight is 514 g/mol. The number of likely N-dealkylation sites (tertiary alicyclic amines) is 1. The lowest BCUT2D eigenvalue weighted by Gasteiger charge is -2.29. The lowest BCUT2D eigenvalue weighted by molar-refractivity contribution is -0.153. The van der Waals surface area contributed by atoms with Gasteiger partial charge < -0.3 is 20.3 Å². The van der Waals surface area contributed by atoms with Gasteiger partial charge in [-0.3, -0.25) is 4.99 Å². The van der Waals surface area contributed by atoms with Crippen LogP contribution in [0.4, 0.5) is 13.2 Å². The van der Waals surface area contributed by atoms with Crippen molar-refractivity contribution in [2.24, 2.45) is 10.9 Å². The summed E-state index contributed by atoms with van der Waals surface area (Å²) in [5.74, 6) is 1.48. The van der Waals surface area contributed by atoms with Gasteiger partial charge in [-0.15, -0.1) is 24.0 Å². The van der Waals surface area contributed by atoms with Crippen LogP contribution in [0.1, 0.15) is 24.0 Å². The summed E-state index contributed by atoms with van der Waals surface area (Å²) >= 11 is 0. The van der Waals surface area contributed by atoms with Crippen LogP contribution in [0.5, 0.6) is 5.75 Å². The number of ether oxygens (including phenoxy) is 1. The minimum Gasteiger partial charge on any atom is -0.484 e. The van der Waals surface area contributed by atoms with Crippen molar-refractivity contribution in [2.45, 2.75) is 32.5 Å². The molecule has 1 heterocycles. The SMILES string of the molecule is CN=C(NCc1ccc(C)cc1OCC(F)(F)F)NCC1CCN(C)CC1.I. The number of guanidine groups is 1. The van der Waals surface area contributed by atoms with Crippen molar-refractivity contribution in [3.05, 3.63) is 29.3 Å². The Morgan fingerprint density at radius 3 is 2.54 bits per heavy atom. The molecule has 9 heteroatoms. The van der Waals surface area contributed by atoms with E-state index < -0.39 is 12.8 Å². The van der Waals surface area contributed by atoms with Crippen LogP contribution in [0.15, 0.2) is 23.2 Å². The molecule has 0 amide bonds. The Labute approximate surface area is 182 Å². The maximum absolute atomic E-state index is 12.5. The number of nitrogens with one attached hydrogen (secondary N) is 2. The van der Waals surface area contributed by atoms with E-state index in [0.717, 1.165) is 38.0 Å². The van der Waals surface area contributed by atoms with Crippen LogP contribution in [0.25, 0.3) is 0 Å². The molecular formula is C19H30F3IN4O. The summed E-state index contributed by atoms with van der Waals surface area (Å²) in [7, 11) is 3.81. The highest BCUT2D eigenvalue weighted by molar-refractivity contribution is 14.0. The van der Waals surface area contributed by atoms with Gasteiger partial charge in [0.05, 0.1) is 0 Å². The number of piperidine rings is 1. The van der Waals surface area contributed by atoms with Gasteiger partial charge in [-0.05, 0) is 57.5 Å². The van der Waals surface area contributed by atoms with Crippen LogP contribution >= 0.6 is 24.0 Å². The molecule has 0 atom stereocenters. The van der Waals surface area contributed by atoms with Crippen LogP contribution < -0.4 is 15.4 Å². The molecule has 0 bridgehead atoms. The van der Waals surface area contributed by atoms with E-state index >= 15 is 0 Å². The summed E-state index contributed by atoms with van der Waals surface area (Å²) < 4.78 is 42.4. The number of aliphatic imine (C=N–C) groups is 1. The molecule has 2 rings (SSSR count). The van der Waals surface area contributed by atoms with Crippen molar-refractivity contribution in [3.63, 3.8) is 0 Å². The minimum atomic E-state index is -4.36. The molecule has 1 aromatic rings. The number of alkyl halides is 3. The highest BCUT2D eigenvalue weighted by atomic mass is 127. The molecule has 28 heavy (non-hydrogen) atoms. The first-order chi connectivity index (χ1) is 12.8. The Balaban J connectivity index is 0.00000392. The van der Waals surface area contributed by atoms with Gasteiger partial charge in [-0.25, -0.2) is 0 Å². The maximum Gasteiger partial charge on any atom is 0.422 e. The molecule has 160 valence electrons. The fourth-order valence-corrected chi connectivity index (χ4v) is 3.01. The molecule has 0 radical (unpaired) electrons. The lowest BCUT2D eigenvalue weighted by Crippen LogP contribution is -2.42. The lowest BCUT2D eigenvalue weighted by atomic mass is 9.97. The van der Waals surface area contributed by atoms with Crippen LogP contribution in [-0.2, 0) is 6.54 Å². The molecule has 5 nitrogen and oxygen atoms in total. The smallest absolute Gasteiger partial charge is 0.422 e. The zero-order chi connectivity index (χ0) is 19.9. The van der Waals surface area contributed by atoms with Crippen molar-refractivity contribution >= 4 is 29.9 Å². The van der Waals surface area contributed by atoms with Gasteiger partial charge in [0, 0.05) is 25.7 Å². The van der Waals surface area contributed by atoms with Gasteiger partial charge in [-0.2, -0.15) is 13.2 Å². The third-order valence-electron chi connectivity index (χ3n) is 4.68. The summed E-state index contributed by atoms with van der Waals surface area (Å²) in [4.78, 5) is 6.52. The van der Waals surface area contributed by atoms with Crippen LogP contribution in [0, 0.1) is 12.8 Å². The van der Waals surface area contributed by atoms with Crippen LogP contribution in [0.2, 0.25) is 0 Å². The van der Waals surface area contributed by atoms with E-state index in [0.29, 0.717) is 24.0 Å². The summed E-state index contributed by atoms with van der Waals surface area (Å²) in [6.07, 6.45) is -2.07. The van der Waals surface area contributed by atoms with E-state index in [1.165, 1.54) is 0 Å². The Morgan fingerprint density at radius 1 is 1.25 bits per heavy atom. The Kier molecular flexibility index (Phi) is 10.4. The Morgan fingerprint density at radius 2 is 1.93 bits per heavy atom. The first-order valence-electron chi connectivity index (χ1n) is 9.19. The average Bonchev–Trinajstić information content (AvgIpc) is 2.62. The second-order valence-electron chi connectivity index (χ2n) is 7.07. The highest BCUT2D eigenvalue weighted by Crippen LogP contribution is 2.23. The molecular weight excluding hydrogens is 484 g/mol. The summed E-state index contributed by atoms with van der Waals surface area (Å²) in [5, 5.41) is 6.47. The quantitative estimate of drug-likeness (QED) is 0.347. The highest BCUT2D eigenvalue weighted by Gasteiger charge is 2.28. The molecule has 1 aromatic carbocycles. The van der Waals surface area contributed by atoms with Crippen LogP contribution in [0.3, 0.4) is 0 Å². The van der Waals surface area contributed by atoms with Crippen LogP contribution in [-0.4, -0.2) is 57.4 Å². The molecule has 1 aliphatic rings. The molecule has 1 saturated heterocycles. The topological polar surface area (TPSA) is 48.9 Å². The van der Waals surface area contributed by atoms with E-state index in [9.17, 15) is 13.2 Å². The van der Waals surface area contributed by atoms with Crippen molar-refractivity contribution in [1.82, 2.24) is 15.5 Å². The second-order valence-corrected chi connectivity index (χ2v) is 7.07. The normalized spacial score (nSPS) is 16.4. The molecule has 0 saturated carbocycles. The van der Waals surface area contributed by atoms with E-state index in [1.54, 1.807) is 19.2 Å². The predicted molar refractivity (Wildman–Crippen MR) is 117 cm³/mol. The summed E-state index contributed by atoms with van der Waals surface area (Å²) in [6.45, 7) is 3.88. The maximum atomic E-state index is 12.5. The Bertz CT molecular complexity index is 632. The number of aryl methyl sites for hydroxylation is 1. The molecule has 1 aliphatic heterocycles. The molecule has 0 unspecified atom stereocenters. The van der Waals surface area contributed by atoms with Gasteiger partial charge in [-0.1, -0.05) is 12.1 Å². The van der Waals surface area contributed by atoms with Gasteiger partial charge in [0.2, 0.25) is 0 Å². The van der Waals surface area contributed by atoms with Gasteiger partial charge in [0.1, 0.15) is 5.75 Å². The number of halogens is 4. The number of nitrogens with zero attached hydrogens (tertiary/aromatic N) is 2. The second kappa shape index (κ2) is 11.7. The van der Waals surface area contributed by atoms with E-state index in [1.807, 2.05) is 13.0 Å². The van der Waals surface area contributed by atoms with Crippen molar-refractivity contribution in [3.8, 4) is 5.75 Å².